The van der Waals surface area contributed by atoms with Crippen LogP contribution in [0.25, 0.3) is 0 Å². The molecule has 1 amide bonds. The fourth-order valence-corrected chi connectivity index (χ4v) is 2.60. The van der Waals surface area contributed by atoms with E-state index >= 15 is 0 Å². The maximum Gasteiger partial charge on any atom is 0.229 e. The van der Waals surface area contributed by atoms with Crippen LogP contribution in [0.15, 0.2) is 48.7 Å². The van der Waals surface area contributed by atoms with Crippen molar-refractivity contribution >= 4 is 34.7 Å². The van der Waals surface area contributed by atoms with Crippen LogP contribution in [0.1, 0.15) is 6.42 Å². The average Bonchev–Trinajstić information content (AvgIpc) is 2.72. The highest BCUT2D eigenvalue weighted by Gasteiger charge is 2.14. The normalized spacial score (nSPS) is 10.8. The summed E-state index contributed by atoms with van der Waals surface area (Å²) in [4.78, 5) is 21.7. The Morgan fingerprint density at radius 2 is 1.65 bits per heavy atom. The number of benzene rings is 2. The second-order valence-corrected chi connectivity index (χ2v) is 6.92. The molecule has 0 aliphatic rings. The Morgan fingerprint density at radius 1 is 0.968 bits per heavy atom. The Balaban J connectivity index is 1.73. The van der Waals surface area contributed by atoms with Crippen molar-refractivity contribution in [2.75, 3.05) is 36.6 Å². The number of carbonyl (C=O) groups excluding carboxylic acids is 1. The Kier molecular flexibility index (Phi) is 7.03. The van der Waals surface area contributed by atoms with Gasteiger partial charge in [0.15, 0.2) is 11.6 Å². The van der Waals surface area contributed by atoms with Crippen molar-refractivity contribution in [1.29, 1.82) is 0 Å². The second kappa shape index (κ2) is 9.90. The summed E-state index contributed by atoms with van der Waals surface area (Å²) in [5, 5.41) is 7.98. The largest absolute Gasteiger partial charge is 0.333 e. The number of rotatable bonds is 8. The van der Waals surface area contributed by atoms with E-state index in [1.54, 1.807) is 24.3 Å². The standard InChI is InChI=1S/C21H21F3N6O/c1-30(2)10-9-18(31)26-13-5-3-6-14(11-13)27-21-25-12-17(24)20(29-21)28-19-15(22)7-4-8-16(19)23/h3-8,11-12H,9-10H2,1-2H3,(H,26,31)(H2,25,27,28,29). The highest BCUT2D eigenvalue weighted by molar-refractivity contribution is 5.91. The number of hydrogen-bond donors (Lipinski definition) is 3. The molecule has 0 spiro atoms. The summed E-state index contributed by atoms with van der Waals surface area (Å²) in [6.07, 6.45) is 1.22. The van der Waals surface area contributed by atoms with Crippen LogP contribution in [-0.2, 0) is 4.79 Å². The van der Waals surface area contributed by atoms with Gasteiger partial charge in [-0.25, -0.2) is 18.2 Å². The molecule has 162 valence electrons. The van der Waals surface area contributed by atoms with Gasteiger partial charge >= 0.3 is 0 Å². The minimum atomic E-state index is -0.884. The van der Waals surface area contributed by atoms with Gasteiger partial charge in [-0.05, 0) is 44.4 Å². The smallest absolute Gasteiger partial charge is 0.229 e. The molecule has 7 nitrogen and oxygen atoms in total. The summed E-state index contributed by atoms with van der Waals surface area (Å²) in [6.45, 7) is 0.617. The minimum Gasteiger partial charge on any atom is -0.333 e. The van der Waals surface area contributed by atoms with E-state index in [1.807, 2.05) is 19.0 Å². The summed E-state index contributed by atoms with van der Waals surface area (Å²) >= 11 is 0. The number of aromatic nitrogens is 2. The molecular weight excluding hydrogens is 409 g/mol. The minimum absolute atomic E-state index is 0.00303. The molecule has 0 saturated carbocycles. The van der Waals surface area contributed by atoms with Crippen molar-refractivity contribution in [2.45, 2.75) is 6.42 Å². The SMILES string of the molecule is CN(C)CCC(=O)Nc1cccc(Nc2ncc(F)c(Nc3c(F)cccc3F)n2)c1. The third-order valence-electron chi connectivity index (χ3n) is 4.14. The third kappa shape index (κ3) is 6.16. The predicted molar refractivity (Wildman–Crippen MR) is 113 cm³/mol. The number of para-hydroxylation sites is 1. The molecular formula is C21H21F3N6O. The van der Waals surface area contributed by atoms with Crippen molar-refractivity contribution in [3.63, 3.8) is 0 Å². The first-order chi connectivity index (χ1) is 14.8. The summed E-state index contributed by atoms with van der Waals surface area (Å²) < 4.78 is 41.8. The Hall–Kier alpha value is -3.66. The molecule has 3 N–H and O–H groups in total. The maximum absolute atomic E-state index is 14.1. The molecule has 31 heavy (non-hydrogen) atoms. The Morgan fingerprint density at radius 3 is 2.35 bits per heavy atom. The Bertz CT molecular complexity index is 1060. The van der Waals surface area contributed by atoms with Crippen LogP contribution < -0.4 is 16.0 Å². The van der Waals surface area contributed by atoms with Gasteiger partial charge in [-0.15, -0.1) is 0 Å². The van der Waals surface area contributed by atoms with Crippen molar-refractivity contribution in [2.24, 2.45) is 0 Å². The molecule has 2 aromatic carbocycles. The molecule has 0 aliphatic heterocycles. The van der Waals surface area contributed by atoms with Crippen LogP contribution >= 0.6 is 0 Å². The van der Waals surface area contributed by atoms with E-state index in [0.717, 1.165) is 18.3 Å². The van der Waals surface area contributed by atoms with Gasteiger partial charge < -0.3 is 20.9 Å². The highest BCUT2D eigenvalue weighted by Crippen LogP contribution is 2.25. The van der Waals surface area contributed by atoms with E-state index in [4.69, 9.17) is 0 Å². The molecule has 1 aromatic heterocycles. The number of amides is 1. The monoisotopic (exact) mass is 430 g/mol. The molecule has 0 saturated heterocycles. The molecule has 0 fully saturated rings. The molecule has 0 aliphatic carbocycles. The van der Waals surface area contributed by atoms with Crippen LogP contribution in [0, 0.1) is 17.5 Å². The summed E-state index contributed by atoms with van der Waals surface area (Å²) in [5.41, 5.74) is 0.566. The first kappa shape index (κ1) is 22.0. The van der Waals surface area contributed by atoms with Crippen molar-refractivity contribution < 1.29 is 18.0 Å². The lowest BCUT2D eigenvalue weighted by molar-refractivity contribution is -0.116. The zero-order chi connectivity index (χ0) is 22.4. The molecule has 1 heterocycles. The lowest BCUT2D eigenvalue weighted by Gasteiger charge is -2.12. The first-order valence-corrected chi connectivity index (χ1v) is 9.37. The van der Waals surface area contributed by atoms with E-state index in [1.165, 1.54) is 6.07 Å². The number of carbonyl (C=O) groups is 1. The van der Waals surface area contributed by atoms with Gasteiger partial charge in [-0.2, -0.15) is 4.98 Å². The van der Waals surface area contributed by atoms with Crippen LogP contribution in [0.4, 0.5) is 42.0 Å². The molecule has 3 rings (SSSR count). The molecule has 0 unspecified atom stereocenters. The van der Waals surface area contributed by atoms with E-state index in [-0.39, 0.29) is 11.9 Å². The summed E-state index contributed by atoms with van der Waals surface area (Å²) in [6, 6.07) is 10.1. The predicted octanol–water partition coefficient (Wildman–Crippen LogP) is 4.27. The molecule has 10 heteroatoms. The zero-order valence-corrected chi connectivity index (χ0v) is 16.9. The second-order valence-electron chi connectivity index (χ2n) is 6.92. The number of halogens is 3. The summed E-state index contributed by atoms with van der Waals surface area (Å²) in [5.74, 6) is -3.18. The number of nitrogens with zero attached hydrogens (tertiary/aromatic N) is 3. The average molecular weight is 430 g/mol. The van der Waals surface area contributed by atoms with Crippen LogP contribution in [0.3, 0.4) is 0 Å². The van der Waals surface area contributed by atoms with Crippen molar-refractivity contribution in [3.8, 4) is 0 Å². The van der Waals surface area contributed by atoms with Gasteiger partial charge in [0.05, 0.1) is 6.20 Å². The van der Waals surface area contributed by atoms with Crippen molar-refractivity contribution in [1.82, 2.24) is 14.9 Å². The maximum atomic E-state index is 14.1. The van der Waals surface area contributed by atoms with Crippen LogP contribution in [0.2, 0.25) is 0 Å². The lowest BCUT2D eigenvalue weighted by Crippen LogP contribution is -2.20. The van der Waals surface area contributed by atoms with Gasteiger partial charge in [-0.1, -0.05) is 12.1 Å². The first-order valence-electron chi connectivity index (χ1n) is 9.37. The van der Waals surface area contributed by atoms with Crippen molar-refractivity contribution in [3.05, 3.63) is 66.1 Å². The van der Waals surface area contributed by atoms with Gasteiger partial charge in [0.1, 0.15) is 17.3 Å². The summed E-state index contributed by atoms with van der Waals surface area (Å²) in [7, 11) is 3.76. The lowest BCUT2D eigenvalue weighted by atomic mass is 10.2. The molecule has 0 radical (unpaired) electrons. The van der Waals surface area contributed by atoms with Crippen LogP contribution in [0.5, 0.6) is 0 Å². The topological polar surface area (TPSA) is 82.2 Å². The quantitative estimate of drug-likeness (QED) is 0.495. The number of nitrogens with one attached hydrogen (secondary N) is 3. The van der Waals surface area contributed by atoms with Gasteiger partial charge in [0.2, 0.25) is 11.9 Å². The van der Waals surface area contributed by atoms with Crippen LogP contribution in [-0.4, -0.2) is 41.4 Å². The molecule has 0 bridgehead atoms. The van der Waals surface area contributed by atoms with Gasteiger partial charge in [0.25, 0.3) is 0 Å². The number of anilines is 5. The van der Waals surface area contributed by atoms with E-state index in [2.05, 4.69) is 25.9 Å². The van der Waals surface area contributed by atoms with E-state index in [9.17, 15) is 18.0 Å². The van der Waals surface area contributed by atoms with E-state index in [0.29, 0.717) is 24.3 Å². The molecule has 0 atom stereocenters. The third-order valence-corrected chi connectivity index (χ3v) is 4.14. The number of hydrogen-bond acceptors (Lipinski definition) is 6. The van der Waals surface area contributed by atoms with E-state index < -0.39 is 29.0 Å². The van der Waals surface area contributed by atoms with Gasteiger partial charge in [0, 0.05) is 24.3 Å². The zero-order valence-electron chi connectivity index (χ0n) is 16.9. The highest BCUT2D eigenvalue weighted by atomic mass is 19.1. The molecule has 3 aromatic rings. The van der Waals surface area contributed by atoms with Gasteiger partial charge in [-0.3, -0.25) is 4.79 Å². The fraction of sp³-hybridized carbons (Fsp3) is 0.190. The Labute approximate surface area is 177 Å². The fourth-order valence-electron chi connectivity index (χ4n) is 2.60.